The maximum atomic E-state index is 11.2. The Kier molecular flexibility index (Phi) is 2.17. The molecule has 0 aliphatic rings. The molecule has 0 fully saturated rings. The molecule has 6 nitrogen and oxygen atoms in total. The van der Waals surface area contributed by atoms with Crippen molar-refractivity contribution in [2.45, 2.75) is 0 Å². The lowest BCUT2D eigenvalue weighted by Gasteiger charge is -1.98. The third-order valence-corrected chi connectivity index (χ3v) is 1.92. The minimum atomic E-state index is -0.546. The Hall–Kier alpha value is -2.24. The SMILES string of the molecule is COC(=O)c1ccn2ncc(C=O)c2n1. The number of nitrogens with zero attached hydrogens (tertiary/aromatic N) is 3. The van der Waals surface area contributed by atoms with E-state index < -0.39 is 5.97 Å². The van der Waals surface area contributed by atoms with E-state index in [0.717, 1.165) is 0 Å². The lowest BCUT2D eigenvalue weighted by atomic mass is 10.3. The maximum absolute atomic E-state index is 11.2. The number of ether oxygens (including phenoxy) is 1. The molecule has 15 heavy (non-hydrogen) atoms. The fourth-order valence-electron chi connectivity index (χ4n) is 1.19. The van der Waals surface area contributed by atoms with Crippen LogP contribution >= 0.6 is 0 Å². The van der Waals surface area contributed by atoms with Crippen molar-refractivity contribution in [2.24, 2.45) is 0 Å². The van der Waals surface area contributed by atoms with Crippen LogP contribution in [0.1, 0.15) is 20.8 Å². The number of aromatic nitrogens is 3. The standard InChI is InChI=1S/C9H7N3O3/c1-15-9(14)7-2-3-12-8(11-7)6(5-13)4-10-12/h2-5H,1H3. The molecule has 2 aromatic rings. The fraction of sp³-hybridized carbons (Fsp3) is 0.111. The second-order valence-corrected chi connectivity index (χ2v) is 2.79. The van der Waals surface area contributed by atoms with Crippen LogP contribution in [0.3, 0.4) is 0 Å². The van der Waals surface area contributed by atoms with Crippen LogP contribution in [-0.2, 0) is 4.74 Å². The molecule has 0 radical (unpaired) electrons. The van der Waals surface area contributed by atoms with Gasteiger partial charge in [0, 0.05) is 6.20 Å². The zero-order valence-electron chi connectivity index (χ0n) is 7.88. The normalized spacial score (nSPS) is 10.2. The van der Waals surface area contributed by atoms with Gasteiger partial charge in [-0.05, 0) is 6.07 Å². The van der Waals surface area contributed by atoms with E-state index in [-0.39, 0.29) is 5.69 Å². The van der Waals surface area contributed by atoms with E-state index in [9.17, 15) is 9.59 Å². The van der Waals surface area contributed by atoms with Crippen LogP contribution in [0.2, 0.25) is 0 Å². The first-order valence-electron chi connectivity index (χ1n) is 4.14. The number of methoxy groups -OCH3 is 1. The van der Waals surface area contributed by atoms with Crippen molar-refractivity contribution in [2.75, 3.05) is 7.11 Å². The van der Waals surface area contributed by atoms with Crippen molar-refractivity contribution in [3.05, 3.63) is 29.7 Å². The Morgan fingerprint density at radius 1 is 1.60 bits per heavy atom. The molecule has 2 aromatic heterocycles. The number of esters is 1. The number of fused-ring (bicyclic) bond motifs is 1. The Bertz CT molecular complexity index is 532. The summed E-state index contributed by atoms with van der Waals surface area (Å²) in [5.41, 5.74) is 0.822. The minimum absolute atomic E-state index is 0.147. The van der Waals surface area contributed by atoms with Crippen molar-refractivity contribution < 1.29 is 14.3 Å². The second-order valence-electron chi connectivity index (χ2n) is 2.79. The van der Waals surface area contributed by atoms with Crippen LogP contribution in [0.4, 0.5) is 0 Å². The Morgan fingerprint density at radius 2 is 2.40 bits per heavy atom. The predicted molar refractivity (Wildman–Crippen MR) is 49.7 cm³/mol. The molecule has 0 saturated heterocycles. The molecule has 0 bridgehead atoms. The monoisotopic (exact) mass is 205 g/mol. The van der Waals surface area contributed by atoms with Crippen LogP contribution in [-0.4, -0.2) is 34.0 Å². The van der Waals surface area contributed by atoms with Crippen LogP contribution < -0.4 is 0 Å². The molecule has 0 unspecified atom stereocenters. The van der Waals surface area contributed by atoms with Crippen LogP contribution in [0.5, 0.6) is 0 Å². The number of rotatable bonds is 2. The lowest BCUT2D eigenvalue weighted by molar-refractivity contribution is 0.0594. The zero-order chi connectivity index (χ0) is 10.8. The quantitative estimate of drug-likeness (QED) is 0.521. The largest absolute Gasteiger partial charge is 0.464 e. The molecule has 0 aromatic carbocycles. The van der Waals surface area contributed by atoms with Gasteiger partial charge in [0.15, 0.2) is 17.6 Å². The third kappa shape index (κ3) is 1.45. The zero-order valence-corrected chi connectivity index (χ0v) is 7.88. The molecular weight excluding hydrogens is 198 g/mol. The summed E-state index contributed by atoms with van der Waals surface area (Å²) in [6, 6.07) is 1.47. The number of aldehydes is 1. The highest BCUT2D eigenvalue weighted by Gasteiger charge is 2.10. The number of hydrogen-bond donors (Lipinski definition) is 0. The Balaban J connectivity index is 2.62. The average Bonchev–Trinajstić information content (AvgIpc) is 2.69. The predicted octanol–water partition coefficient (Wildman–Crippen LogP) is 0.328. The molecule has 0 N–H and O–H groups in total. The van der Waals surface area contributed by atoms with Gasteiger partial charge in [0.05, 0.1) is 18.9 Å². The average molecular weight is 205 g/mol. The van der Waals surface area contributed by atoms with E-state index in [2.05, 4.69) is 14.8 Å². The summed E-state index contributed by atoms with van der Waals surface area (Å²) in [4.78, 5) is 25.8. The van der Waals surface area contributed by atoms with Crippen LogP contribution in [0.15, 0.2) is 18.5 Å². The molecule has 0 aliphatic heterocycles. The van der Waals surface area contributed by atoms with Crippen molar-refractivity contribution in [3.63, 3.8) is 0 Å². The van der Waals surface area contributed by atoms with Gasteiger partial charge in [0.2, 0.25) is 0 Å². The first-order chi connectivity index (χ1) is 7.26. The molecule has 76 valence electrons. The third-order valence-electron chi connectivity index (χ3n) is 1.92. The maximum Gasteiger partial charge on any atom is 0.356 e. The van der Waals surface area contributed by atoms with E-state index >= 15 is 0 Å². The lowest BCUT2D eigenvalue weighted by Crippen LogP contribution is -2.06. The van der Waals surface area contributed by atoms with Crippen molar-refractivity contribution in [1.82, 2.24) is 14.6 Å². The van der Waals surface area contributed by atoms with E-state index in [4.69, 9.17) is 0 Å². The highest BCUT2D eigenvalue weighted by molar-refractivity contribution is 5.89. The number of hydrogen-bond acceptors (Lipinski definition) is 5. The van der Waals surface area contributed by atoms with Gasteiger partial charge in [-0.3, -0.25) is 4.79 Å². The smallest absolute Gasteiger partial charge is 0.356 e. The highest BCUT2D eigenvalue weighted by Crippen LogP contribution is 2.07. The minimum Gasteiger partial charge on any atom is -0.464 e. The molecule has 2 heterocycles. The highest BCUT2D eigenvalue weighted by atomic mass is 16.5. The number of carbonyl (C=O) groups is 2. The summed E-state index contributed by atoms with van der Waals surface area (Å²) in [5.74, 6) is -0.546. The van der Waals surface area contributed by atoms with Gasteiger partial charge < -0.3 is 4.74 Å². The summed E-state index contributed by atoms with van der Waals surface area (Å²) < 4.78 is 5.93. The summed E-state index contributed by atoms with van der Waals surface area (Å²) in [5, 5.41) is 3.89. The molecule has 0 spiro atoms. The summed E-state index contributed by atoms with van der Waals surface area (Å²) in [6.45, 7) is 0. The molecule has 6 heteroatoms. The first kappa shape index (κ1) is 9.32. The topological polar surface area (TPSA) is 73.6 Å². The van der Waals surface area contributed by atoms with Crippen molar-refractivity contribution in [1.29, 1.82) is 0 Å². The first-order valence-corrected chi connectivity index (χ1v) is 4.14. The van der Waals surface area contributed by atoms with Gasteiger partial charge in [-0.15, -0.1) is 0 Å². The van der Waals surface area contributed by atoms with E-state index in [1.165, 1.54) is 23.9 Å². The molecule has 0 saturated carbocycles. The fourth-order valence-corrected chi connectivity index (χ4v) is 1.19. The van der Waals surface area contributed by atoms with E-state index in [0.29, 0.717) is 17.5 Å². The molecule has 2 rings (SSSR count). The Labute approximate surface area is 84.5 Å². The van der Waals surface area contributed by atoms with Crippen molar-refractivity contribution >= 4 is 17.9 Å². The molecule has 0 amide bonds. The molecular formula is C9H7N3O3. The van der Waals surface area contributed by atoms with Gasteiger partial charge in [0.25, 0.3) is 0 Å². The summed E-state index contributed by atoms with van der Waals surface area (Å²) in [7, 11) is 1.27. The van der Waals surface area contributed by atoms with Gasteiger partial charge in [0.1, 0.15) is 0 Å². The number of carbonyl (C=O) groups excluding carboxylic acids is 2. The van der Waals surface area contributed by atoms with E-state index in [1.807, 2.05) is 0 Å². The van der Waals surface area contributed by atoms with E-state index in [1.54, 1.807) is 6.20 Å². The van der Waals surface area contributed by atoms with Gasteiger partial charge in [-0.1, -0.05) is 0 Å². The van der Waals surface area contributed by atoms with Gasteiger partial charge >= 0.3 is 5.97 Å². The second kappa shape index (κ2) is 3.49. The molecule has 0 atom stereocenters. The summed E-state index contributed by atoms with van der Waals surface area (Å²) in [6.07, 6.45) is 3.56. The van der Waals surface area contributed by atoms with Crippen LogP contribution in [0.25, 0.3) is 5.65 Å². The summed E-state index contributed by atoms with van der Waals surface area (Å²) >= 11 is 0. The van der Waals surface area contributed by atoms with Crippen molar-refractivity contribution in [3.8, 4) is 0 Å². The van der Waals surface area contributed by atoms with Crippen LogP contribution in [0, 0.1) is 0 Å². The van der Waals surface area contributed by atoms with Gasteiger partial charge in [-0.25, -0.2) is 14.3 Å². The Morgan fingerprint density at radius 3 is 3.07 bits per heavy atom. The molecule has 0 aliphatic carbocycles. The van der Waals surface area contributed by atoms with Gasteiger partial charge in [-0.2, -0.15) is 5.10 Å².